The Balaban J connectivity index is 3.02. The molecule has 0 radical (unpaired) electrons. The van der Waals surface area contributed by atoms with Crippen molar-refractivity contribution in [2.45, 2.75) is 24.4 Å². The zero-order valence-electron chi connectivity index (χ0n) is 11.7. The highest BCUT2D eigenvalue weighted by Gasteiger charge is 2.39. The lowest BCUT2D eigenvalue weighted by atomic mass is 9.84. The van der Waals surface area contributed by atoms with E-state index in [1.54, 1.807) is 38.4 Å². The molecule has 6 heteroatoms. The first kappa shape index (κ1) is 16.1. The van der Waals surface area contributed by atoms with Gasteiger partial charge in [-0.15, -0.1) is 0 Å². The molecule has 1 aromatic carbocycles. The fourth-order valence-corrected chi connectivity index (χ4v) is 2.26. The van der Waals surface area contributed by atoms with Gasteiger partial charge in [0.05, 0.1) is 6.04 Å². The molecule has 110 valence electrons. The summed E-state index contributed by atoms with van der Waals surface area (Å²) in [6.45, 7) is 0. The Labute approximate surface area is 118 Å². The van der Waals surface area contributed by atoms with Crippen LogP contribution in [0.15, 0.2) is 30.3 Å². The van der Waals surface area contributed by atoms with Crippen LogP contribution >= 0.6 is 0 Å². The third-order valence-corrected chi connectivity index (χ3v) is 3.56. The van der Waals surface area contributed by atoms with Gasteiger partial charge in [-0.2, -0.15) is 0 Å². The molecule has 0 bridgehead atoms. The summed E-state index contributed by atoms with van der Waals surface area (Å²) in [6, 6.07) is 8.35. The smallest absolute Gasteiger partial charge is 0.328 e. The first-order valence-corrected chi connectivity index (χ1v) is 6.42. The molecule has 0 spiro atoms. The van der Waals surface area contributed by atoms with Crippen LogP contribution in [0.5, 0.6) is 0 Å². The number of primary amides is 1. The summed E-state index contributed by atoms with van der Waals surface area (Å²) in [5.41, 5.74) is 4.68. The van der Waals surface area contributed by atoms with Crippen LogP contribution in [0.2, 0.25) is 0 Å². The van der Waals surface area contributed by atoms with E-state index in [0.717, 1.165) is 0 Å². The fraction of sp³-hybridized carbons (Fsp3) is 0.429. The maximum atomic E-state index is 11.7. The number of hydrogen-bond donors (Lipinski definition) is 4. The zero-order chi connectivity index (χ0) is 15.2. The van der Waals surface area contributed by atoms with Crippen molar-refractivity contribution < 1.29 is 14.7 Å². The Morgan fingerprint density at radius 1 is 1.30 bits per heavy atom. The Morgan fingerprint density at radius 3 is 2.30 bits per heavy atom. The highest BCUT2D eigenvalue weighted by molar-refractivity contribution is 5.82. The van der Waals surface area contributed by atoms with Gasteiger partial charge >= 0.3 is 5.97 Å². The number of carbonyl (C=O) groups is 2. The minimum absolute atomic E-state index is 0.247. The molecule has 5 N–H and O–H groups in total. The van der Waals surface area contributed by atoms with Crippen molar-refractivity contribution in [1.29, 1.82) is 0 Å². The highest BCUT2D eigenvalue weighted by Crippen LogP contribution is 2.27. The molecular formula is C14H21N3O3. The zero-order valence-corrected chi connectivity index (χ0v) is 11.7. The lowest BCUT2D eigenvalue weighted by molar-refractivity contribution is -0.145. The standard InChI is InChI=1S/C14H21N3O3/c1-16-11(12(15)18)8-9-14(17-2,13(19)20)10-6-4-3-5-7-10/h3-7,11,16-17H,8-9H2,1-2H3,(H2,15,18)(H,19,20). The number of aliphatic carboxylic acids is 1. The van der Waals surface area contributed by atoms with Gasteiger partial charge in [0.25, 0.3) is 0 Å². The van der Waals surface area contributed by atoms with E-state index in [9.17, 15) is 14.7 Å². The second kappa shape index (κ2) is 7.02. The van der Waals surface area contributed by atoms with Gasteiger partial charge in [-0.25, -0.2) is 4.79 Å². The molecule has 6 nitrogen and oxygen atoms in total. The summed E-state index contributed by atoms with van der Waals surface area (Å²) in [4.78, 5) is 23.0. The molecule has 0 saturated carbocycles. The number of carboxylic acid groups (broad SMARTS) is 1. The van der Waals surface area contributed by atoms with Crippen molar-refractivity contribution in [2.75, 3.05) is 14.1 Å². The van der Waals surface area contributed by atoms with Gasteiger partial charge in [0.15, 0.2) is 0 Å². The molecule has 0 aromatic heterocycles. The van der Waals surface area contributed by atoms with Gasteiger partial charge in [-0.05, 0) is 32.5 Å². The second-order valence-corrected chi connectivity index (χ2v) is 4.61. The van der Waals surface area contributed by atoms with Gasteiger partial charge in [-0.3, -0.25) is 4.79 Å². The average molecular weight is 279 g/mol. The van der Waals surface area contributed by atoms with Gasteiger partial charge in [0.1, 0.15) is 5.54 Å². The molecule has 0 aliphatic rings. The summed E-state index contributed by atoms with van der Waals surface area (Å²) >= 11 is 0. The van der Waals surface area contributed by atoms with E-state index in [2.05, 4.69) is 10.6 Å². The molecule has 1 aromatic rings. The summed E-state index contributed by atoms with van der Waals surface area (Å²) in [6.07, 6.45) is 0.575. The molecule has 20 heavy (non-hydrogen) atoms. The third-order valence-electron chi connectivity index (χ3n) is 3.56. The second-order valence-electron chi connectivity index (χ2n) is 4.61. The largest absolute Gasteiger partial charge is 0.480 e. The van der Waals surface area contributed by atoms with Gasteiger partial charge in [0.2, 0.25) is 5.91 Å². The Morgan fingerprint density at radius 2 is 1.90 bits per heavy atom. The first-order valence-electron chi connectivity index (χ1n) is 6.42. The third kappa shape index (κ3) is 3.34. The predicted molar refractivity (Wildman–Crippen MR) is 76.1 cm³/mol. The summed E-state index contributed by atoms with van der Waals surface area (Å²) < 4.78 is 0. The number of hydrogen-bond acceptors (Lipinski definition) is 4. The SMILES string of the molecule is CNC(CCC(NC)(C(=O)O)c1ccccc1)C(N)=O. The van der Waals surface area contributed by atoms with E-state index >= 15 is 0 Å². The summed E-state index contributed by atoms with van der Waals surface area (Å²) in [5.74, 6) is -1.47. The van der Waals surface area contributed by atoms with Crippen LogP contribution in [-0.2, 0) is 15.1 Å². The number of carbonyl (C=O) groups excluding carboxylic acids is 1. The monoisotopic (exact) mass is 279 g/mol. The van der Waals surface area contributed by atoms with Crippen molar-refractivity contribution in [3.63, 3.8) is 0 Å². The number of carboxylic acids is 1. The van der Waals surface area contributed by atoms with Crippen molar-refractivity contribution in [3.8, 4) is 0 Å². The molecule has 0 heterocycles. The molecule has 1 amide bonds. The molecule has 1 rings (SSSR count). The van der Waals surface area contributed by atoms with Crippen LogP contribution in [0.25, 0.3) is 0 Å². The summed E-state index contributed by atoms with van der Waals surface area (Å²) in [5, 5.41) is 15.3. The molecule has 0 aliphatic heterocycles. The molecule has 0 aliphatic carbocycles. The number of rotatable bonds is 8. The minimum Gasteiger partial charge on any atom is -0.480 e. The van der Waals surface area contributed by atoms with Crippen LogP contribution in [-0.4, -0.2) is 37.1 Å². The topological polar surface area (TPSA) is 104 Å². The van der Waals surface area contributed by atoms with Gasteiger partial charge in [0, 0.05) is 0 Å². The van der Waals surface area contributed by atoms with Crippen LogP contribution in [0.1, 0.15) is 18.4 Å². The van der Waals surface area contributed by atoms with E-state index in [1.807, 2.05) is 6.07 Å². The lowest BCUT2D eigenvalue weighted by Gasteiger charge is -2.30. The maximum Gasteiger partial charge on any atom is 0.328 e. The van der Waals surface area contributed by atoms with E-state index in [1.165, 1.54) is 0 Å². The average Bonchev–Trinajstić information content (AvgIpc) is 2.44. The fourth-order valence-electron chi connectivity index (χ4n) is 2.26. The van der Waals surface area contributed by atoms with E-state index in [-0.39, 0.29) is 6.42 Å². The maximum absolute atomic E-state index is 11.7. The summed E-state index contributed by atoms with van der Waals surface area (Å²) in [7, 11) is 3.22. The van der Waals surface area contributed by atoms with Crippen molar-refractivity contribution in [3.05, 3.63) is 35.9 Å². The molecular weight excluding hydrogens is 258 g/mol. The van der Waals surface area contributed by atoms with Crippen LogP contribution < -0.4 is 16.4 Å². The quantitative estimate of drug-likeness (QED) is 0.538. The molecule has 0 fully saturated rings. The number of amides is 1. The van der Waals surface area contributed by atoms with E-state index in [4.69, 9.17) is 5.73 Å². The predicted octanol–water partition coefficient (Wildman–Crippen LogP) is 0.0394. The van der Waals surface area contributed by atoms with Gasteiger partial charge < -0.3 is 21.5 Å². The van der Waals surface area contributed by atoms with Gasteiger partial charge in [-0.1, -0.05) is 30.3 Å². The van der Waals surface area contributed by atoms with E-state index in [0.29, 0.717) is 12.0 Å². The van der Waals surface area contributed by atoms with Crippen molar-refractivity contribution in [2.24, 2.45) is 5.73 Å². The number of benzene rings is 1. The Hall–Kier alpha value is -1.92. The molecule has 2 atom stereocenters. The first-order chi connectivity index (χ1) is 9.47. The number of nitrogens with one attached hydrogen (secondary N) is 2. The normalized spacial score (nSPS) is 15.3. The lowest BCUT2D eigenvalue weighted by Crippen LogP contribution is -2.49. The van der Waals surface area contributed by atoms with Crippen LogP contribution in [0, 0.1) is 0 Å². The van der Waals surface area contributed by atoms with Crippen molar-refractivity contribution >= 4 is 11.9 Å². The number of likely N-dealkylation sites (N-methyl/N-ethyl adjacent to an activating group) is 2. The highest BCUT2D eigenvalue weighted by atomic mass is 16.4. The minimum atomic E-state index is -1.23. The molecule has 2 unspecified atom stereocenters. The van der Waals surface area contributed by atoms with E-state index < -0.39 is 23.5 Å². The van der Waals surface area contributed by atoms with Crippen LogP contribution in [0.4, 0.5) is 0 Å². The Kier molecular flexibility index (Phi) is 5.66. The van der Waals surface area contributed by atoms with Crippen LogP contribution in [0.3, 0.4) is 0 Å². The Bertz CT molecular complexity index is 464. The molecule has 0 saturated heterocycles. The van der Waals surface area contributed by atoms with Crippen molar-refractivity contribution in [1.82, 2.24) is 10.6 Å². The number of nitrogens with two attached hydrogens (primary N) is 1.